The minimum atomic E-state index is -0.173. The van der Waals surface area contributed by atoms with E-state index in [2.05, 4.69) is 12.6 Å². The summed E-state index contributed by atoms with van der Waals surface area (Å²) in [6, 6.07) is 0. The maximum atomic E-state index is 11.3. The number of halogens is 1. The van der Waals surface area contributed by atoms with E-state index in [1.807, 2.05) is 0 Å². The van der Waals surface area contributed by atoms with Crippen molar-refractivity contribution in [1.82, 2.24) is 0 Å². The Morgan fingerprint density at radius 2 is 1.86 bits per heavy atom. The number of thiol groups is 1. The number of hydrogen-bond acceptors (Lipinski definition) is 1. The first-order valence-corrected chi connectivity index (χ1v) is 3.22. The van der Waals surface area contributed by atoms with Gasteiger partial charge in [-0.15, -0.1) is 0 Å². The zero-order chi connectivity index (χ0) is 5.54. The van der Waals surface area contributed by atoms with Crippen molar-refractivity contribution in [2.24, 2.45) is 0 Å². The first kappa shape index (κ1) is 7.28. The second-order valence-electron chi connectivity index (χ2n) is 1.47. The third-order valence-electron chi connectivity index (χ3n) is 0.792. The molecule has 0 atom stereocenters. The molecule has 0 rings (SSSR count). The molecule has 0 N–H and O–H groups in total. The predicted octanol–water partition coefficient (Wildman–Crippen LogP) is 2.06. The van der Waals surface area contributed by atoms with Crippen LogP contribution < -0.4 is 0 Å². The van der Waals surface area contributed by atoms with Crippen molar-refractivity contribution < 1.29 is 4.39 Å². The quantitative estimate of drug-likeness (QED) is 0.428. The van der Waals surface area contributed by atoms with Crippen molar-refractivity contribution >= 4 is 12.6 Å². The molecule has 0 aromatic rings. The topological polar surface area (TPSA) is 0 Å². The van der Waals surface area contributed by atoms with E-state index in [0.717, 1.165) is 18.6 Å². The molecule has 0 saturated carbocycles. The predicted molar refractivity (Wildman–Crippen MR) is 33.7 cm³/mol. The van der Waals surface area contributed by atoms with Gasteiger partial charge in [-0.1, -0.05) is 6.42 Å². The van der Waals surface area contributed by atoms with Gasteiger partial charge in [-0.3, -0.25) is 4.39 Å². The van der Waals surface area contributed by atoms with Crippen LogP contribution in [-0.2, 0) is 0 Å². The summed E-state index contributed by atoms with van der Waals surface area (Å²) < 4.78 is 11.3. The van der Waals surface area contributed by atoms with Crippen molar-refractivity contribution in [2.45, 2.75) is 19.3 Å². The summed E-state index contributed by atoms with van der Waals surface area (Å²) in [4.78, 5) is 0. The molecule has 2 heteroatoms. The van der Waals surface area contributed by atoms with Crippen LogP contribution in [0.2, 0.25) is 0 Å². The average molecular weight is 122 g/mol. The van der Waals surface area contributed by atoms with E-state index in [1.165, 1.54) is 0 Å². The third-order valence-corrected chi connectivity index (χ3v) is 1.11. The summed E-state index contributed by atoms with van der Waals surface area (Å²) in [5.74, 6) is 0.889. The fraction of sp³-hybridized carbons (Fsp3) is 1.00. The molecular formula is C5H11FS. The highest BCUT2D eigenvalue weighted by atomic mass is 32.1. The van der Waals surface area contributed by atoms with Gasteiger partial charge in [-0.2, -0.15) is 12.6 Å². The molecule has 7 heavy (non-hydrogen) atoms. The molecule has 0 unspecified atom stereocenters. The summed E-state index contributed by atoms with van der Waals surface area (Å²) in [7, 11) is 0. The van der Waals surface area contributed by atoms with E-state index in [-0.39, 0.29) is 6.67 Å². The first-order chi connectivity index (χ1) is 3.41. The number of unbranched alkanes of at least 4 members (excludes halogenated alkanes) is 2. The summed E-state index contributed by atoms with van der Waals surface area (Å²) >= 11 is 3.97. The Morgan fingerprint density at radius 1 is 1.14 bits per heavy atom. The van der Waals surface area contributed by atoms with E-state index in [4.69, 9.17) is 0 Å². The minimum absolute atomic E-state index is 0.173. The van der Waals surface area contributed by atoms with Gasteiger partial charge in [-0.05, 0) is 18.6 Å². The number of alkyl halides is 1. The molecule has 0 aromatic heterocycles. The normalized spacial score (nSPS) is 9.43. The summed E-state index contributed by atoms with van der Waals surface area (Å²) in [6.07, 6.45) is 2.74. The molecule has 0 aromatic carbocycles. The van der Waals surface area contributed by atoms with Crippen LogP contribution in [-0.4, -0.2) is 12.4 Å². The zero-order valence-electron chi connectivity index (χ0n) is 4.36. The lowest BCUT2D eigenvalue weighted by Gasteiger charge is -1.88. The fourth-order valence-corrected chi connectivity index (χ4v) is 0.607. The van der Waals surface area contributed by atoms with Crippen molar-refractivity contribution in [1.29, 1.82) is 0 Å². The molecule has 0 saturated heterocycles. The zero-order valence-corrected chi connectivity index (χ0v) is 5.26. The highest BCUT2D eigenvalue weighted by Crippen LogP contribution is 1.95. The van der Waals surface area contributed by atoms with Crippen molar-refractivity contribution in [2.75, 3.05) is 12.4 Å². The molecule has 0 aliphatic rings. The molecule has 44 valence electrons. The van der Waals surface area contributed by atoms with Gasteiger partial charge in [0.15, 0.2) is 0 Å². The van der Waals surface area contributed by atoms with E-state index < -0.39 is 0 Å². The Balaban J connectivity index is 2.45. The summed E-state index contributed by atoms with van der Waals surface area (Å²) in [6.45, 7) is -0.173. The number of hydrogen-bond donors (Lipinski definition) is 1. The lowest BCUT2D eigenvalue weighted by atomic mass is 10.3. The first-order valence-electron chi connectivity index (χ1n) is 2.58. The molecule has 0 fully saturated rings. The third kappa shape index (κ3) is 6.28. The maximum Gasteiger partial charge on any atom is 0.0894 e. The molecule has 0 bridgehead atoms. The van der Waals surface area contributed by atoms with Crippen LogP contribution in [0.1, 0.15) is 19.3 Å². The Kier molecular flexibility index (Phi) is 6.53. The Bertz CT molecular complexity index is 27.3. The SMILES string of the molecule is FCCCCCS. The van der Waals surface area contributed by atoms with Crippen LogP contribution in [0.3, 0.4) is 0 Å². The van der Waals surface area contributed by atoms with Crippen LogP contribution in [0.25, 0.3) is 0 Å². The molecular weight excluding hydrogens is 111 g/mol. The molecule has 0 radical (unpaired) electrons. The smallest absolute Gasteiger partial charge is 0.0894 e. The fourth-order valence-electron chi connectivity index (χ4n) is 0.383. The lowest BCUT2D eigenvalue weighted by molar-refractivity contribution is 0.461. The molecule has 0 nitrogen and oxygen atoms in total. The van der Waals surface area contributed by atoms with E-state index >= 15 is 0 Å². The van der Waals surface area contributed by atoms with Crippen LogP contribution >= 0.6 is 12.6 Å². The summed E-state index contributed by atoms with van der Waals surface area (Å²) in [5.41, 5.74) is 0. The highest BCUT2D eigenvalue weighted by molar-refractivity contribution is 7.80. The van der Waals surface area contributed by atoms with Gasteiger partial charge in [0, 0.05) is 0 Å². The Labute approximate surface area is 49.5 Å². The van der Waals surface area contributed by atoms with Crippen molar-refractivity contribution in [3.63, 3.8) is 0 Å². The highest BCUT2D eigenvalue weighted by Gasteiger charge is 1.82. The largest absolute Gasteiger partial charge is 0.251 e. The van der Waals surface area contributed by atoms with Crippen molar-refractivity contribution in [3.8, 4) is 0 Å². The lowest BCUT2D eigenvalue weighted by Crippen LogP contribution is -1.78. The Hall–Kier alpha value is 0.280. The van der Waals surface area contributed by atoms with Gasteiger partial charge in [0.25, 0.3) is 0 Å². The van der Waals surface area contributed by atoms with Gasteiger partial charge in [0.1, 0.15) is 0 Å². The molecule has 0 spiro atoms. The number of rotatable bonds is 4. The molecule has 0 amide bonds. The van der Waals surface area contributed by atoms with E-state index in [9.17, 15) is 4.39 Å². The van der Waals surface area contributed by atoms with E-state index in [0.29, 0.717) is 6.42 Å². The van der Waals surface area contributed by atoms with Crippen LogP contribution in [0.15, 0.2) is 0 Å². The van der Waals surface area contributed by atoms with Crippen LogP contribution in [0.5, 0.6) is 0 Å². The van der Waals surface area contributed by atoms with Gasteiger partial charge < -0.3 is 0 Å². The summed E-state index contributed by atoms with van der Waals surface area (Å²) in [5, 5.41) is 0. The van der Waals surface area contributed by atoms with Gasteiger partial charge in [0.05, 0.1) is 6.67 Å². The minimum Gasteiger partial charge on any atom is -0.251 e. The second-order valence-corrected chi connectivity index (χ2v) is 1.92. The average Bonchev–Trinajstić information content (AvgIpc) is 1.69. The van der Waals surface area contributed by atoms with Gasteiger partial charge in [0.2, 0.25) is 0 Å². The van der Waals surface area contributed by atoms with Crippen LogP contribution in [0.4, 0.5) is 4.39 Å². The molecule has 0 heterocycles. The standard InChI is InChI=1S/C5H11FS/c6-4-2-1-3-5-7/h7H,1-5H2. The second kappa shape index (κ2) is 6.28. The maximum absolute atomic E-state index is 11.3. The monoisotopic (exact) mass is 122 g/mol. The van der Waals surface area contributed by atoms with Gasteiger partial charge in [-0.25, -0.2) is 0 Å². The molecule has 0 aliphatic heterocycles. The van der Waals surface area contributed by atoms with Crippen molar-refractivity contribution in [3.05, 3.63) is 0 Å². The van der Waals surface area contributed by atoms with Crippen LogP contribution in [0, 0.1) is 0 Å². The van der Waals surface area contributed by atoms with Gasteiger partial charge >= 0.3 is 0 Å². The molecule has 0 aliphatic carbocycles. The Morgan fingerprint density at radius 3 is 2.29 bits per heavy atom. The van der Waals surface area contributed by atoms with E-state index in [1.54, 1.807) is 0 Å².